The molecule has 1 aromatic rings. The minimum absolute atomic E-state index is 0.109. The van der Waals surface area contributed by atoms with Crippen LogP contribution in [0, 0.1) is 5.92 Å². The summed E-state index contributed by atoms with van der Waals surface area (Å²) in [5.41, 5.74) is 0.937. The van der Waals surface area contributed by atoms with Gasteiger partial charge < -0.3 is 5.32 Å². The predicted molar refractivity (Wildman–Crippen MR) is 49.3 cm³/mol. The summed E-state index contributed by atoms with van der Waals surface area (Å²) in [7, 11) is 0. The van der Waals surface area contributed by atoms with Crippen LogP contribution in [-0.4, -0.2) is 21.2 Å². The van der Waals surface area contributed by atoms with Crippen LogP contribution in [0.25, 0.3) is 0 Å². The molecule has 1 aliphatic heterocycles. The number of amides is 1. The lowest BCUT2D eigenvalue weighted by Gasteiger charge is -2.20. The lowest BCUT2D eigenvalue weighted by Crippen LogP contribution is -2.37. The Labute approximate surface area is 80.7 Å². The number of piperidine rings is 1. The van der Waals surface area contributed by atoms with Gasteiger partial charge in [0.2, 0.25) is 5.91 Å². The summed E-state index contributed by atoms with van der Waals surface area (Å²) in [6.07, 6.45) is 4.53. The number of hydrogen-bond acceptors (Lipinski definition) is 4. The Kier molecular flexibility index (Phi) is 2.54. The molecule has 1 aromatic heterocycles. The average molecular weight is 197 g/mol. The molecule has 1 unspecified atom stereocenters. The zero-order valence-corrected chi connectivity index (χ0v) is 8.01. The second kappa shape index (κ2) is 3.83. The van der Waals surface area contributed by atoms with E-state index in [1.807, 2.05) is 0 Å². The first-order valence-electron chi connectivity index (χ1n) is 4.40. The van der Waals surface area contributed by atoms with Gasteiger partial charge in [-0.25, -0.2) is 0 Å². The van der Waals surface area contributed by atoms with E-state index in [-0.39, 0.29) is 11.8 Å². The summed E-state index contributed by atoms with van der Waals surface area (Å²) >= 11 is 1.20. The van der Waals surface area contributed by atoms with E-state index in [4.69, 9.17) is 0 Å². The third kappa shape index (κ3) is 2.03. The van der Waals surface area contributed by atoms with Gasteiger partial charge in [0, 0.05) is 18.9 Å². The maximum Gasteiger partial charge on any atom is 0.223 e. The lowest BCUT2D eigenvalue weighted by molar-refractivity contribution is -0.126. The summed E-state index contributed by atoms with van der Waals surface area (Å²) in [5, 5.41) is 2.86. The van der Waals surface area contributed by atoms with E-state index in [2.05, 4.69) is 14.1 Å². The number of nitrogens with one attached hydrogen (secondary N) is 1. The molecule has 0 saturated carbocycles. The van der Waals surface area contributed by atoms with Crippen molar-refractivity contribution in [1.82, 2.24) is 14.1 Å². The molecule has 2 heterocycles. The molecule has 5 heteroatoms. The quantitative estimate of drug-likeness (QED) is 0.755. The second-order valence-corrected chi connectivity index (χ2v) is 3.79. The average Bonchev–Trinajstić information content (AvgIpc) is 2.61. The second-order valence-electron chi connectivity index (χ2n) is 3.23. The highest BCUT2D eigenvalue weighted by Gasteiger charge is 2.22. The number of aromatic nitrogens is 2. The van der Waals surface area contributed by atoms with Crippen molar-refractivity contribution in [3.63, 3.8) is 0 Å². The van der Waals surface area contributed by atoms with E-state index in [1.54, 1.807) is 6.20 Å². The SMILES string of the molecule is O=C1NCCCC1Cc1cnsn1. The van der Waals surface area contributed by atoms with E-state index in [0.29, 0.717) is 0 Å². The molecule has 0 spiro atoms. The Balaban J connectivity index is 1.97. The molecule has 70 valence electrons. The monoisotopic (exact) mass is 197 g/mol. The van der Waals surface area contributed by atoms with Crippen LogP contribution in [0.2, 0.25) is 0 Å². The smallest absolute Gasteiger partial charge is 0.223 e. The molecule has 0 bridgehead atoms. The normalized spacial score (nSPS) is 22.8. The number of rotatable bonds is 2. The van der Waals surface area contributed by atoms with Crippen LogP contribution in [0.15, 0.2) is 6.20 Å². The predicted octanol–water partition coefficient (Wildman–Crippen LogP) is 0.607. The molecule has 1 fully saturated rings. The van der Waals surface area contributed by atoms with Gasteiger partial charge in [-0.3, -0.25) is 4.79 Å². The molecule has 0 radical (unpaired) electrons. The number of carbonyl (C=O) groups is 1. The fraction of sp³-hybridized carbons (Fsp3) is 0.625. The highest BCUT2D eigenvalue weighted by Crippen LogP contribution is 2.16. The number of carbonyl (C=O) groups excluding carboxylic acids is 1. The lowest BCUT2D eigenvalue weighted by atomic mass is 9.94. The summed E-state index contributed by atoms with van der Waals surface area (Å²) in [4.78, 5) is 11.4. The van der Waals surface area contributed by atoms with Crippen molar-refractivity contribution in [3.05, 3.63) is 11.9 Å². The first-order chi connectivity index (χ1) is 6.36. The Morgan fingerprint density at radius 3 is 3.31 bits per heavy atom. The zero-order chi connectivity index (χ0) is 9.10. The fourth-order valence-corrected chi connectivity index (χ4v) is 2.00. The molecule has 0 aromatic carbocycles. The van der Waals surface area contributed by atoms with Crippen LogP contribution in [0.1, 0.15) is 18.5 Å². The summed E-state index contributed by atoms with van der Waals surface area (Å²) in [6.45, 7) is 0.824. The molecular formula is C8H11N3OS. The molecule has 1 amide bonds. The first kappa shape index (κ1) is 8.62. The van der Waals surface area contributed by atoms with Gasteiger partial charge in [0.1, 0.15) is 0 Å². The Hall–Kier alpha value is -0.970. The van der Waals surface area contributed by atoms with Crippen molar-refractivity contribution in [2.24, 2.45) is 5.92 Å². The summed E-state index contributed by atoms with van der Waals surface area (Å²) in [5.74, 6) is 0.275. The van der Waals surface area contributed by atoms with Crippen molar-refractivity contribution in [2.75, 3.05) is 6.54 Å². The Morgan fingerprint density at radius 2 is 2.62 bits per heavy atom. The van der Waals surface area contributed by atoms with Gasteiger partial charge >= 0.3 is 0 Å². The maximum absolute atomic E-state index is 11.4. The number of nitrogens with zero attached hydrogens (tertiary/aromatic N) is 2. The standard InChI is InChI=1S/C8H11N3OS/c12-8-6(2-1-3-9-8)4-7-5-10-13-11-7/h5-6H,1-4H2,(H,9,12). The van der Waals surface area contributed by atoms with E-state index in [0.717, 1.165) is 31.5 Å². The van der Waals surface area contributed by atoms with E-state index in [9.17, 15) is 4.79 Å². The molecule has 13 heavy (non-hydrogen) atoms. The van der Waals surface area contributed by atoms with Crippen LogP contribution >= 0.6 is 11.7 Å². The topological polar surface area (TPSA) is 54.9 Å². The molecule has 1 atom stereocenters. The van der Waals surface area contributed by atoms with Gasteiger partial charge in [-0.05, 0) is 12.8 Å². The van der Waals surface area contributed by atoms with Gasteiger partial charge in [0.05, 0.1) is 23.6 Å². The van der Waals surface area contributed by atoms with Crippen molar-refractivity contribution in [2.45, 2.75) is 19.3 Å². The highest BCUT2D eigenvalue weighted by molar-refractivity contribution is 6.99. The van der Waals surface area contributed by atoms with Crippen molar-refractivity contribution >= 4 is 17.6 Å². The van der Waals surface area contributed by atoms with E-state index >= 15 is 0 Å². The van der Waals surface area contributed by atoms with Crippen LogP contribution in [0.4, 0.5) is 0 Å². The molecule has 4 nitrogen and oxygen atoms in total. The molecule has 2 rings (SSSR count). The maximum atomic E-state index is 11.4. The van der Waals surface area contributed by atoms with Crippen LogP contribution in [0.3, 0.4) is 0 Å². The third-order valence-electron chi connectivity index (χ3n) is 2.26. The van der Waals surface area contributed by atoms with Crippen molar-refractivity contribution < 1.29 is 4.79 Å². The summed E-state index contributed by atoms with van der Waals surface area (Å²) < 4.78 is 8.01. The van der Waals surface area contributed by atoms with Crippen LogP contribution in [0.5, 0.6) is 0 Å². The van der Waals surface area contributed by atoms with Crippen LogP contribution < -0.4 is 5.32 Å². The van der Waals surface area contributed by atoms with Gasteiger partial charge in [-0.15, -0.1) is 0 Å². The molecule has 1 aliphatic rings. The Bertz CT molecular complexity index is 286. The molecule has 1 saturated heterocycles. The fourth-order valence-electron chi connectivity index (χ4n) is 1.56. The van der Waals surface area contributed by atoms with E-state index < -0.39 is 0 Å². The van der Waals surface area contributed by atoms with Crippen molar-refractivity contribution in [3.8, 4) is 0 Å². The van der Waals surface area contributed by atoms with Gasteiger partial charge in [-0.1, -0.05) is 0 Å². The zero-order valence-electron chi connectivity index (χ0n) is 7.19. The molecule has 1 N–H and O–H groups in total. The molecule has 0 aliphatic carbocycles. The number of hydrogen-bond donors (Lipinski definition) is 1. The van der Waals surface area contributed by atoms with Gasteiger partial charge in [-0.2, -0.15) is 8.75 Å². The third-order valence-corrected chi connectivity index (χ3v) is 2.78. The van der Waals surface area contributed by atoms with Crippen molar-refractivity contribution in [1.29, 1.82) is 0 Å². The molecular weight excluding hydrogens is 186 g/mol. The highest BCUT2D eigenvalue weighted by atomic mass is 32.1. The van der Waals surface area contributed by atoms with Crippen LogP contribution in [-0.2, 0) is 11.2 Å². The Morgan fingerprint density at radius 1 is 1.69 bits per heavy atom. The van der Waals surface area contributed by atoms with Gasteiger partial charge in [0.25, 0.3) is 0 Å². The van der Waals surface area contributed by atoms with Gasteiger partial charge in [0.15, 0.2) is 0 Å². The van der Waals surface area contributed by atoms with E-state index in [1.165, 1.54) is 11.7 Å². The minimum atomic E-state index is 0.109. The first-order valence-corrected chi connectivity index (χ1v) is 5.13. The summed E-state index contributed by atoms with van der Waals surface area (Å²) in [6, 6.07) is 0. The minimum Gasteiger partial charge on any atom is -0.356 e. The largest absolute Gasteiger partial charge is 0.356 e.